The van der Waals surface area contributed by atoms with E-state index in [1.54, 1.807) is 0 Å². The van der Waals surface area contributed by atoms with Crippen LogP contribution in [0.15, 0.2) is 23.6 Å². The molecule has 4 nitrogen and oxygen atoms in total. The van der Waals surface area contributed by atoms with E-state index in [0.29, 0.717) is 12.8 Å². The summed E-state index contributed by atoms with van der Waals surface area (Å²) in [4.78, 5) is 24.6. The summed E-state index contributed by atoms with van der Waals surface area (Å²) in [7, 11) is 0. The zero-order chi connectivity index (χ0) is 42.1. The molecule has 0 aromatic rings. The maximum atomic E-state index is 12.4. The Morgan fingerprint density at radius 3 is 1.41 bits per heavy atom. The molecule has 0 heterocycles. The molecule has 0 bridgehead atoms. The maximum absolute atomic E-state index is 12.4. The number of unbranched alkanes of at least 4 members (excludes halogenated alkanes) is 30. The lowest BCUT2D eigenvalue weighted by Crippen LogP contribution is -2.32. The van der Waals surface area contributed by atoms with Crippen LogP contribution in [0, 0.1) is 0 Å². The predicted octanol–water partition coefficient (Wildman–Crippen LogP) is 17.0. The highest BCUT2D eigenvalue weighted by Crippen LogP contribution is 2.16. The van der Waals surface area contributed by atoms with Crippen molar-refractivity contribution in [1.82, 2.24) is 10.6 Å². The number of thioether (sulfide) groups is 2. The molecule has 0 aromatic heterocycles. The fraction of sp³-hybridized carbons (Fsp3) is 0.885. The minimum absolute atomic E-state index is 0.203. The molecular formula is C52H100N2O2S2. The lowest BCUT2D eigenvalue weighted by atomic mass is 10.0. The summed E-state index contributed by atoms with van der Waals surface area (Å²) in [6, 6.07) is 0.212. The van der Waals surface area contributed by atoms with Crippen molar-refractivity contribution in [2.45, 2.75) is 271 Å². The van der Waals surface area contributed by atoms with E-state index in [4.69, 9.17) is 0 Å². The third kappa shape index (κ3) is 49.5. The first-order valence-electron chi connectivity index (χ1n) is 25.7. The number of nitrogens with one attached hydrogen (secondary N) is 2. The lowest BCUT2D eigenvalue weighted by Gasteiger charge is -2.14. The van der Waals surface area contributed by atoms with Gasteiger partial charge in [0.2, 0.25) is 11.8 Å². The Kier molecular flexibility index (Phi) is 49.7. The monoisotopic (exact) mass is 849 g/mol. The van der Waals surface area contributed by atoms with E-state index < -0.39 is 0 Å². The van der Waals surface area contributed by atoms with E-state index in [1.165, 1.54) is 216 Å². The van der Waals surface area contributed by atoms with Gasteiger partial charge in [-0.05, 0) is 94.5 Å². The van der Waals surface area contributed by atoms with Crippen LogP contribution in [0.3, 0.4) is 0 Å². The topological polar surface area (TPSA) is 58.2 Å². The van der Waals surface area contributed by atoms with Crippen LogP contribution >= 0.6 is 23.5 Å². The largest absolute Gasteiger partial charge is 0.356 e. The molecule has 6 heteroatoms. The number of rotatable bonds is 48. The van der Waals surface area contributed by atoms with E-state index in [-0.39, 0.29) is 17.9 Å². The van der Waals surface area contributed by atoms with Gasteiger partial charge in [0.25, 0.3) is 0 Å². The number of carbonyl (C=O) groups excluding carboxylic acids is 2. The smallest absolute Gasteiger partial charge is 0.220 e. The van der Waals surface area contributed by atoms with Gasteiger partial charge in [-0.25, -0.2) is 0 Å². The fourth-order valence-corrected chi connectivity index (χ4v) is 9.24. The molecular weight excluding hydrogens is 749 g/mol. The molecule has 0 aliphatic carbocycles. The average molecular weight is 850 g/mol. The van der Waals surface area contributed by atoms with Crippen molar-refractivity contribution >= 4 is 35.3 Å². The highest BCUT2D eigenvalue weighted by atomic mass is 32.2. The first-order valence-corrected chi connectivity index (χ1v) is 27.9. The van der Waals surface area contributed by atoms with Gasteiger partial charge in [0.1, 0.15) is 0 Å². The first kappa shape index (κ1) is 57.1. The van der Waals surface area contributed by atoms with E-state index in [0.717, 1.165) is 38.6 Å². The summed E-state index contributed by atoms with van der Waals surface area (Å²) in [5, 5.41) is 8.61. The second kappa shape index (κ2) is 50.5. The van der Waals surface area contributed by atoms with Crippen molar-refractivity contribution in [2.24, 2.45) is 0 Å². The minimum atomic E-state index is 0.203. The zero-order valence-corrected chi connectivity index (χ0v) is 40.9. The summed E-state index contributed by atoms with van der Waals surface area (Å²) in [5.41, 5.74) is 0. The van der Waals surface area contributed by atoms with Crippen LogP contribution in [-0.4, -0.2) is 41.7 Å². The molecule has 0 radical (unpaired) electrons. The molecule has 1 atom stereocenters. The summed E-state index contributed by atoms with van der Waals surface area (Å²) in [6.45, 7) is 7.43. The molecule has 0 fully saturated rings. The van der Waals surface area contributed by atoms with Gasteiger partial charge in [0.05, 0.1) is 0 Å². The molecule has 0 saturated heterocycles. The molecule has 0 rings (SSSR count). The van der Waals surface area contributed by atoms with Crippen LogP contribution < -0.4 is 10.6 Å². The molecule has 342 valence electrons. The molecule has 0 aromatic carbocycles. The summed E-state index contributed by atoms with van der Waals surface area (Å²) in [5.74, 6) is 4.15. The Morgan fingerprint density at radius 2 is 0.897 bits per heavy atom. The summed E-state index contributed by atoms with van der Waals surface area (Å²) < 4.78 is 0. The van der Waals surface area contributed by atoms with Crippen LogP contribution in [-0.2, 0) is 9.59 Å². The average Bonchev–Trinajstić information content (AvgIpc) is 3.21. The Labute approximate surface area is 372 Å². The molecule has 0 saturated carbocycles. The van der Waals surface area contributed by atoms with Crippen molar-refractivity contribution in [3.8, 4) is 0 Å². The van der Waals surface area contributed by atoms with Crippen LogP contribution in [0.4, 0.5) is 0 Å². The normalized spacial score (nSPS) is 12.3. The fourth-order valence-electron chi connectivity index (χ4n) is 7.57. The van der Waals surface area contributed by atoms with Crippen LogP contribution in [0.2, 0.25) is 0 Å². The van der Waals surface area contributed by atoms with E-state index in [2.05, 4.69) is 66.8 Å². The quantitative estimate of drug-likeness (QED) is 0.0473. The molecule has 2 N–H and O–H groups in total. The number of hydrogen-bond donors (Lipinski definition) is 2. The second-order valence-corrected chi connectivity index (χ2v) is 19.6. The SMILES string of the molecule is CCCCCCCC/C=C\CCCCCCCCCCCCCC(=O)NCCCCC(C)NC(=O)CCCCCCCCCCCSC/C=C\SCCCCCCC. The van der Waals surface area contributed by atoms with Crippen molar-refractivity contribution in [3.63, 3.8) is 0 Å². The first-order chi connectivity index (χ1) is 28.6. The Morgan fingerprint density at radius 1 is 0.466 bits per heavy atom. The number of amides is 2. The van der Waals surface area contributed by atoms with Gasteiger partial charge in [-0.15, -0.1) is 11.8 Å². The molecule has 58 heavy (non-hydrogen) atoms. The number of carbonyl (C=O) groups is 2. The predicted molar refractivity (Wildman–Crippen MR) is 265 cm³/mol. The number of allylic oxidation sites excluding steroid dienone is 2. The third-order valence-corrected chi connectivity index (χ3v) is 13.3. The third-order valence-electron chi connectivity index (χ3n) is 11.4. The second-order valence-electron chi connectivity index (χ2n) is 17.4. The molecule has 1 unspecified atom stereocenters. The van der Waals surface area contributed by atoms with Crippen LogP contribution in [0.1, 0.15) is 265 Å². The molecule has 0 aliphatic rings. The standard InChI is InChI=1S/C52H100N2O2S2/c1-4-6-8-10-11-12-13-14-15-16-17-18-19-20-21-22-23-25-28-31-35-43-51(55)53-45-38-37-42-50(3)54-52(56)44-36-32-29-26-24-27-30-34-40-47-58-49-41-48-57-46-39-33-9-7-5-2/h14-15,41,48,50H,4-13,16-40,42-47,49H2,1-3H3,(H,53,55)(H,54,56)/b15-14-,48-41-. The highest BCUT2D eigenvalue weighted by molar-refractivity contribution is 8.02. The van der Waals surface area contributed by atoms with Gasteiger partial charge in [0, 0.05) is 31.2 Å². The highest BCUT2D eigenvalue weighted by Gasteiger charge is 2.08. The van der Waals surface area contributed by atoms with Gasteiger partial charge in [-0.3, -0.25) is 9.59 Å². The van der Waals surface area contributed by atoms with Gasteiger partial charge in [0.15, 0.2) is 0 Å². The lowest BCUT2D eigenvalue weighted by molar-refractivity contribution is -0.122. The van der Waals surface area contributed by atoms with Crippen LogP contribution in [0.25, 0.3) is 0 Å². The minimum Gasteiger partial charge on any atom is -0.356 e. The van der Waals surface area contributed by atoms with Gasteiger partial charge < -0.3 is 10.6 Å². The van der Waals surface area contributed by atoms with E-state index in [1.807, 2.05) is 11.8 Å². The van der Waals surface area contributed by atoms with E-state index in [9.17, 15) is 9.59 Å². The van der Waals surface area contributed by atoms with Crippen molar-refractivity contribution in [1.29, 1.82) is 0 Å². The van der Waals surface area contributed by atoms with E-state index >= 15 is 0 Å². The van der Waals surface area contributed by atoms with Gasteiger partial charge in [-0.2, -0.15) is 11.8 Å². The molecule has 0 aliphatic heterocycles. The van der Waals surface area contributed by atoms with Crippen molar-refractivity contribution < 1.29 is 9.59 Å². The van der Waals surface area contributed by atoms with Crippen molar-refractivity contribution in [3.05, 3.63) is 23.6 Å². The maximum Gasteiger partial charge on any atom is 0.220 e. The van der Waals surface area contributed by atoms with Crippen molar-refractivity contribution in [2.75, 3.05) is 23.8 Å². The van der Waals surface area contributed by atoms with Crippen LogP contribution in [0.5, 0.6) is 0 Å². The Bertz CT molecular complexity index is 895. The molecule has 2 amide bonds. The van der Waals surface area contributed by atoms with Gasteiger partial charge in [-0.1, -0.05) is 193 Å². The zero-order valence-electron chi connectivity index (χ0n) is 39.2. The summed E-state index contributed by atoms with van der Waals surface area (Å²) >= 11 is 4.06. The number of hydrogen-bond acceptors (Lipinski definition) is 4. The molecule has 0 spiro atoms. The van der Waals surface area contributed by atoms with Gasteiger partial charge >= 0.3 is 0 Å². The Hall–Kier alpha value is -0.880. The Balaban J connectivity index is 3.36. The summed E-state index contributed by atoms with van der Waals surface area (Å²) in [6.07, 6.45) is 55.3.